The molecule has 1 atom stereocenters. The van der Waals surface area contributed by atoms with Crippen molar-refractivity contribution in [2.24, 2.45) is 11.5 Å². The molecule has 54 heavy (non-hydrogen) atoms. The molecule has 0 saturated carbocycles. The van der Waals surface area contributed by atoms with Crippen molar-refractivity contribution in [1.82, 2.24) is 66.6 Å². The second kappa shape index (κ2) is 24.1. The minimum atomic E-state index is -0.880. The van der Waals surface area contributed by atoms with Gasteiger partial charge in [-0.2, -0.15) is 0 Å². The van der Waals surface area contributed by atoms with E-state index in [1.54, 1.807) is 49.3 Å². The van der Waals surface area contributed by atoms with E-state index in [2.05, 4.69) is 66.6 Å². The third-order valence-electron chi connectivity index (χ3n) is 6.79. The predicted octanol–water partition coefficient (Wildman–Crippen LogP) is 3.30. The molecule has 9 N–H and O–H groups in total. The van der Waals surface area contributed by atoms with Crippen LogP contribution in [-0.4, -0.2) is 106 Å². The zero-order valence-electron chi connectivity index (χ0n) is 29.3. The van der Waals surface area contributed by atoms with Gasteiger partial charge in [0.05, 0.1) is 56.8 Å². The average molecular weight is 764 g/mol. The Morgan fingerprint density at radius 3 is 2.02 bits per heavy atom. The van der Waals surface area contributed by atoms with Crippen LogP contribution in [0.2, 0.25) is 5.02 Å². The molecular formula is C33H42ClN15O5. The molecule has 0 saturated heterocycles. The molecule has 20 nitrogen and oxygen atoms in total. The largest absolute Gasteiger partial charge is 0.486 e. The lowest BCUT2D eigenvalue weighted by Gasteiger charge is -2.18. The van der Waals surface area contributed by atoms with E-state index >= 15 is 0 Å². The second-order valence-electron chi connectivity index (χ2n) is 10.4. The number of aromatic amines is 5. The Morgan fingerprint density at radius 2 is 1.43 bits per heavy atom. The first-order valence-electron chi connectivity index (χ1n) is 16.5. The molecule has 0 spiro atoms. The maximum absolute atomic E-state index is 6.64. The van der Waals surface area contributed by atoms with E-state index in [9.17, 15) is 0 Å². The molecular weight excluding hydrogens is 722 g/mol. The van der Waals surface area contributed by atoms with E-state index < -0.39 is 6.04 Å². The molecule has 0 fully saturated rings. The fourth-order valence-corrected chi connectivity index (χ4v) is 4.40. The van der Waals surface area contributed by atoms with Crippen LogP contribution in [0, 0.1) is 0 Å². The number of halogens is 1. The molecule has 7 aromatic rings. The fourth-order valence-electron chi connectivity index (χ4n) is 4.28. The molecule has 2 aromatic carbocycles. The smallest absolute Gasteiger partial charge is 0.237 e. The number of nitrogens with two attached hydrogens (primary N) is 2. The second-order valence-corrected chi connectivity index (χ2v) is 10.8. The minimum Gasteiger partial charge on any atom is -0.486 e. The molecule has 7 rings (SSSR count). The summed E-state index contributed by atoms with van der Waals surface area (Å²) in [6.45, 7) is 4.62. The Labute approximate surface area is 314 Å². The first kappa shape index (κ1) is 40.6. The highest BCUT2D eigenvalue weighted by Crippen LogP contribution is 2.32. The number of nitrogens with zero attached hydrogens (tertiary/aromatic N) is 8. The van der Waals surface area contributed by atoms with E-state index in [0.717, 1.165) is 22.0 Å². The predicted molar refractivity (Wildman–Crippen MR) is 197 cm³/mol. The van der Waals surface area contributed by atoms with E-state index in [4.69, 9.17) is 46.8 Å². The topological polar surface area (TPSA) is 280 Å². The van der Waals surface area contributed by atoms with E-state index in [1.165, 1.54) is 0 Å². The van der Waals surface area contributed by atoms with Gasteiger partial charge in [-0.25, -0.2) is 5.10 Å². The van der Waals surface area contributed by atoms with Crippen molar-refractivity contribution >= 4 is 28.3 Å². The molecule has 0 radical (unpaired) electrons. The summed E-state index contributed by atoms with van der Waals surface area (Å²) in [6.07, 6.45) is 11.5. The third-order valence-corrected chi connectivity index (χ3v) is 7.04. The van der Waals surface area contributed by atoms with Gasteiger partial charge < -0.3 is 40.1 Å². The van der Waals surface area contributed by atoms with Gasteiger partial charge in [0, 0.05) is 52.9 Å². The highest BCUT2D eigenvalue weighted by atomic mass is 35.5. The molecule has 0 aliphatic carbocycles. The highest BCUT2D eigenvalue weighted by molar-refractivity contribution is 6.30. The summed E-state index contributed by atoms with van der Waals surface area (Å²) in [5.74, 6) is 0.669. The normalized spacial score (nSPS) is 11.5. The first-order chi connectivity index (χ1) is 26.6. The van der Waals surface area contributed by atoms with Crippen LogP contribution in [0.5, 0.6) is 5.88 Å². The number of hydrogen-bond donors (Lipinski definition) is 7. The maximum Gasteiger partial charge on any atom is 0.237 e. The number of rotatable bonds is 16. The Balaban J connectivity index is 0.000000354. The van der Waals surface area contributed by atoms with Crippen LogP contribution in [0.4, 0.5) is 0 Å². The monoisotopic (exact) mass is 763 g/mol. The average Bonchev–Trinajstić information content (AvgIpc) is 4.05. The number of ether oxygens (including phenoxy) is 5. The summed E-state index contributed by atoms with van der Waals surface area (Å²) in [6, 6.07) is 14.3. The number of para-hydroxylation sites is 1. The molecule has 286 valence electrons. The summed E-state index contributed by atoms with van der Waals surface area (Å²) >= 11 is 6.03. The van der Waals surface area contributed by atoms with Gasteiger partial charge in [0.15, 0.2) is 6.79 Å². The highest BCUT2D eigenvalue weighted by Gasteiger charge is 2.25. The zero-order chi connectivity index (χ0) is 38.1. The van der Waals surface area contributed by atoms with Gasteiger partial charge in [-0.15, -0.1) is 20.4 Å². The Bertz CT molecular complexity index is 1840. The van der Waals surface area contributed by atoms with Crippen molar-refractivity contribution in [3.8, 4) is 5.88 Å². The van der Waals surface area contributed by atoms with Gasteiger partial charge >= 0.3 is 0 Å². The van der Waals surface area contributed by atoms with Crippen molar-refractivity contribution in [2.45, 2.75) is 19.6 Å². The summed E-state index contributed by atoms with van der Waals surface area (Å²) in [4.78, 5) is 3.25. The van der Waals surface area contributed by atoms with E-state index in [0.29, 0.717) is 49.5 Å². The lowest BCUT2D eigenvalue weighted by atomic mass is 10.1. The number of fused-ring (bicyclic) bond motifs is 1. The summed E-state index contributed by atoms with van der Waals surface area (Å²) in [5.41, 5.74) is 16.4. The van der Waals surface area contributed by atoms with Gasteiger partial charge in [0.25, 0.3) is 0 Å². The summed E-state index contributed by atoms with van der Waals surface area (Å²) in [7, 11) is 0. The van der Waals surface area contributed by atoms with Crippen molar-refractivity contribution in [3.63, 3.8) is 0 Å². The Morgan fingerprint density at radius 1 is 0.796 bits per heavy atom. The molecule has 0 aliphatic rings. The zero-order valence-corrected chi connectivity index (χ0v) is 30.1. The Hall–Kier alpha value is -6.19. The molecule has 21 heteroatoms. The van der Waals surface area contributed by atoms with E-state index in [-0.39, 0.29) is 25.0 Å². The lowest BCUT2D eigenvalue weighted by molar-refractivity contribution is -0.0276. The standard InChI is InChI=1S/C27H33ClN6O5.3C2H3N3/c1-2-35-11-12-36-13-14-37-17-39-27-25(32-34-33-27)23(29)24(30)26(38-16-18-7-9-19(28)10-8-18)21-15-31-22-6-4-3-5-20(21)22;3*1-2-4-5-3-1/h3-10,15,23,31H,2,11-14,16-17,29-30H2,1H3,(H,32,33,34);3*1-2H,(H,3,4,5). The first-order valence-corrected chi connectivity index (χ1v) is 16.8. The SMILES string of the molecule is CCOCCOCCOCOc1[nH]nnc1C(N)C(N)=C(OCc1ccc(Cl)cc1)c1c[nH]c2ccccc12.c1c[nH]nn1.c1c[nH]nn1.c1c[nH]nn1. The minimum absolute atomic E-state index is 0.0512. The molecule has 0 bridgehead atoms. The van der Waals surface area contributed by atoms with E-state index in [1.807, 2.05) is 49.5 Å². The number of benzene rings is 2. The molecule has 0 aliphatic heterocycles. The molecule has 0 amide bonds. The molecule has 5 heterocycles. The van der Waals surface area contributed by atoms with Gasteiger partial charge in [-0.1, -0.05) is 62.8 Å². The van der Waals surface area contributed by atoms with Crippen LogP contribution in [-0.2, 0) is 25.6 Å². The van der Waals surface area contributed by atoms with Crippen LogP contribution < -0.4 is 16.2 Å². The number of aromatic nitrogens is 13. The van der Waals surface area contributed by atoms with Gasteiger partial charge in [-0.3, -0.25) is 15.3 Å². The van der Waals surface area contributed by atoms with Gasteiger partial charge in [0.1, 0.15) is 18.1 Å². The third kappa shape index (κ3) is 14.1. The fraction of sp³-hybridized carbons (Fsp3) is 0.273. The summed E-state index contributed by atoms with van der Waals surface area (Å²) in [5, 5.41) is 40.0. The van der Waals surface area contributed by atoms with Crippen LogP contribution >= 0.6 is 11.6 Å². The number of nitrogens with one attached hydrogen (secondary N) is 5. The van der Waals surface area contributed by atoms with Crippen molar-refractivity contribution in [2.75, 3.05) is 39.8 Å². The van der Waals surface area contributed by atoms with Crippen LogP contribution in [0.1, 0.15) is 29.8 Å². The van der Waals surface area contributed by atoms with Crippen LogP contribution in [0.25, 0.3) is 16.7 Å². The van der Waals surface area contributed by atoms with Crippen molar-refractivity contribution in [3.05, 3.63) is 119 Å². The number of H-pyrrole nitrogens is 5. The van der Waals surface area contributed by atoms with Crippen molar-refractivity contribution < 1.29 is 23.7 Å². The van der Waals surface area contributed by atoms with Gasteiger partial charge in [0.2, 0.25) is 5.88 Å². The quantitative estimate of drug-likeness (QED) is 0.0422. The molecule has 1 unspecified atom stereocenters. The number of hydrogen-bond acceptors (Lipinski definition) is 15. The molecule has 5 aromatic heterocycles. The van der Waals surface area contributed by atoms with Crippen LogP contribution in [0.3, 0.4) is 0 Å². The lowest BCUT2D eigenvalue weighted by Crippen LogP contribution is -2.23. The van der Waals surface area contributed by atoms with Gasteiger partial charge in [-0.05, 0) is 30.7 Å². The van der Waals surface area contributed by atoms with Crippen molar-refractivity contribution in [1.29, 1.82) is 0 Å². The Kier molecular flexibility index (Phi) is 18.1. The summed E-state index contributed by atoms with van der Waals surface area (Å²) < 4.78 is 28.0. The maximum atomic E-state index is 6.64. The van der Waals surface area contributed by atoms with Crippen LogP contribution in [0.15, 0.2) is 97.6 Å².